The maximum Gasteiger partial charge on any atom is 0.265 e. The number of hydrogen-bond donors (Lipinski definition) is 1. The molecule has 22 heavy (non-hydrogen) atoms. The summed E-state index contributed by atoms with van der Waals surface area (Å²) in [6, 6.07) is 1.94. The molecule has 5 nitrogen and oxygen atoms in total. The lowest BCUT2D eigenvalue weighted by Gasteiger charge is -2.15. The fraction of sp³-hybridized carbons (Fsp3) is 0.286. The van der Waals surface area contributed by atoms with Gasteiger partial charge in [0, 0.05) is 17.5 Å². The Morgan fingerprint density at radius 1 is 1.36 bits per heavy atom. The number of thiophene rings is 1. The molecule has 0 saturated carbocycles. The van der Waals surface area contributed by atoms with Crippen LogP contribution in [0.4, 0.5) is 0 Å². The van der Waals surface area contributed by atoms with Crippen LogP contribution in [0.5, 0.6) is 0 Å². The summed E-state index contributed by atoms with van der Waals surface area (Å²) in [6.07, 6.45) is 0.730. The van der Waals surface area contributed by atoms with Gasteiger partial charge in [0.25, 0.3) is 5.91 Å². The van der Waals surface area contributed by atoms with Gasteiger partial charge in [0.2, 0.25) is 0 Å². The summed E-state index contributed by atoms with van der Waals surface area (Å²) in [6.45, 7) is 3.75. The first kappa shape index (κ1) is 15.3. The van der Waals surface area contributed by atoms with Crippen molar-refractivity contribution in [2.75, 3.05) is 0 Å². The van der Waals surface area contributed by atoms with E-state index in [4.69, 9.17) is 0 Å². The lowest BCUT2D eigenvalue weighted by molar-refractivity contribution is 0.0939. The number of carbonyl (C=O) groups excluding carboxylic acids is 1. The molecule has 1 atom stereocenters. The fourth-order valence-electron chi connectivity index (χ4n) is 2.04. The topological polar surface area (TPSA) is 67.8 Å². The Labute approximate surface area is 140 Å². The molecule has 0 aliphatic rings. The minimum atomic E-state index is -0.138. The normalized spacial score (nSPS) is 12.3. The van der Waals surface area contributed by atoms with E-state index in [1.165, 1.54) is 5.56 Å². The zero-order valence-electron chi connectivity index (χ0n) is 12.1. The van der Waals surface area contributed by atoms with Crippen LogP contribution >= 0.6 is 34.2 Å². The lowest BCUT2D eigenvalue weighted by Crippen LogP contribution is -2.29. The van der Waals surface area contributed by atoms with Gasteiger partial charge >= 0.3 is 0 Å². The minimum absolute atomic E-state index is 0.137. The number of thiazole rings is 1. The number of nitrogens with zero attached hydrogens (tertiary/aromatic N) is 3. The molecule has 0 aliphatic heterocycles. The Hall–Kier alpha value is -1.64. The zero-order valence-corrected chi connectivity index (χ0v) is 14.5. The van der Waals surface area contributed by atoms with Crippen molar-refractivity contribution in [1.82, 2.24) is 19.9 Å². The van der Waals surface area contributed by atoms with Crippen LogP contribution in [-0.4, -0.2) is 20.5 Å². The average Bonchev–Trinajstić information content (AvgIpc) is 3.20. The molecule has 3 rings (SSSR count). The van der Waals surface area contributed by atoms with Gasteiger partial charge in [0.1, 0.15) is 9.88 Å². The summed E-state index contributed by atoms with van der Waals surface area (Å²) < 4.78 is 3.82. The third-order valence-corrected chi connectivity index (χ3v) is 5.75. The molecule has 0 saturated heterocycles. The van der Waals surface area contributed by atoms with E-state index in [1.54, 1.807) is 29.6 Å². The van der Waals surface area contributed by atoms with Crippen molar-refractivity contribution in [1.29, 1.82) is 0 Å². The van der Waals surface area contributed by atoms with Gasteiger partial charge in [-0.3, -0.25) is 4.79 Å². The number of rotatable bonds is 5. The first-order valence-electron chi connectivity index (χ1n) is 6.66. The van der Waals surface area contributed by atoms with E-state index in [0.29, 0.717) is 10.6 Å². The third-order valence-electron chi connectivity index (χ3n) is 3.12. The number of nitrogens with one attached hydrogen (secondary N) is 1. The Morgan fingerprint density at radius 3 is 2.82 bits per heavy atom. The van der Waals surface area contributed by atoms with Crippen LogP contribution in [0.15, 0.2) is 22.2 Å². The van der Waals surface area contributed by atoms with Crippen LogP contribution in [0.1, 0.15) is 37.7 Å². The number of aromatic nitrogens is 3. The van der Waals surface area contributed by atoms with Gasteiger partial charge in [-0.2, -0.15) is 11.3 Å². The van der Waals surface area contributed by atoms with Crippen LogP contribution in [0.3, 0.4) is 0 Å². The molecule has 0 bridgehead atoms. The van der Waals surface area contributed by atoms with Gasteiger partial charge in [-0.05, 0) is 47.8 Å². The Morgan fingerprint density at radius 2 is 2.23 bits per heavy atom. The molecule has 0 aromatic carbocycles. The standard InChI is InChI=1S/C14H14N4OS3/c1-8-6-21-14(15-8)11(5-10-3-4-20-7-10)16-13(19)12-9(2)17-18-22-12/h3-4,6-7,11H,5H2,1-2H3,(H,16,19)/t11-/m0/s1. The summed E-state index contributed by atoms with van der Waals surface area (Å²) in [5.74, 6) is -0.138. The van der Waals surface area contributed by atoms with Gasteiger partial charge in [-0.1, -0.05) is 4.49 Å². The van der Waals surface area contributed by atoms with Crippen molar-refractivity contribution in [2.24, 2.45) is 0 Å². The summed E-state index contributed by atoms with van der Waals surface area (Å²) in [5, 5.41) is 14.0. The molecule has 0 radical (unpaired) electrons. The van der Waals surface area contributed by atoms with Gasteiger partial charge in [0.15, 0.2) is 0 Å². The third kappa shape index (κ3) is 3.40. The van der Waals surface area contributed by atoms with Crippen LogP contribution < -0.4 is 5.32 Å². The molecule has 0 fully saturated rings. The molecule has 3 aromatic rings. The quantitative estimate of drug-likeness (QED) is 0.766. The molecule has 1 N–H and O–H groups in total. The summed E-state index contributed by atoms with van der Waals surface area (Å²) in [4.78, 5) is 17.5. The molecule has 114 valence electrons. The van der Waals surface area contributed by atoms with Crippen LogP contribution in [0.2, 0.25) is 0 Å². The van der Waals surface area contributed by atoms with Crippen molar-refractivity contribution >= 4 is 40.1 Å². The molecular formula is C14H14N4OS3. The van der Waals surface area contributed by atoms with Crippen molar-refractivity contribution in [2.45, 2.75) is 26.3 Å². The lowest BCUT2D eigenvalue weighted by atomic mass is 10.1. The van der Waals surface area contributed by atoms with E-state index < -0.39 is 0 Å². The van der Waals surface area contributed by atoms with E-state index in [-0.39, 0.29) is 11.9 Å². The zero-order chi connectivity index (χ0) is 15.5. The van der Waals surface area contributed by atoms with E-state index in [0.717, 1.165) is 28.7 Å². The number of hydrogen-bond acceptors (Lipinski definition) is 7. The number of amides is 1. The monoisotopic (exact) mass is 350 g/mol. The van der Waals surface area contributed by atoms with Crippen molar-refractivity contribution in [3.8, 4) is 0 Å². The van der Waals surface area contributed by atoms with Crippen molar-refractivity contribution in [3.63, 3.8) is 0 Å². The highest BCUT2D eigenvalue weighted by atomic mass is 32.1. The van der Waals surface area contributed by atoms with Crippen molar-refractivity contribution < 1.29 is 4.79 Å². The van der Waals surface area contributed by atoms with E-state index in [2.05, 4.69) is 31.3 Å². The van der Waals surface area contributed by atoms with Gasteiger partial charge in [-0.25, -0.2) is 4.98 Å². The predicted molar refractivity (Wildman–Crippen MR) is 89.7 cm³/mol. The molecule has 3 heterocycles. The van der Waals surface area contributed by atoms with E-state index in [9.17, 15) is 4.79 Å². The SMILES string of the molecule is Cc1csc([C@H](Cc2ccsc2)NC(=O)c2snnc2C)n1. The van der Waals surface area contributed by atoms with E-state index in [1.807, 2.05) is 17.7 Å². The average molecular weight is 350 g/mol. The second kappa shape index (κ2) is 6.64. The highest BCUT2D eigenvalue weighted by Crippen LogP contribution is 2.24. The minimum Gasteiger partial charge on any atom is -0.342 e. The smallest absolute Gasteiger partial charge is 0.265 e. The van der Waals surface area contributed by atoms with Gasteiger partial charge < -0.3 is 5.32 Å². The molecule has 8 heteroatoms. The van der Waals surface area contributed by atoms with Gasteiger partial charge in [0.05, 0.1) is 11.7 Å². The molecular weight excluding hydrogens is 336 g/mol. The fourth-order valence-corrected chi connectivity index (χ4v) is 4.13. The largest absolute Gasteiger partial charge is 0.342 e. The summed E-state index contributed by atoms with van der Waals surface area (Å²) in [7, 11) is 0. The number of carbonyl (C=O) groups is 1. The summed E-state index contributed by atoms with van der Waals surface area (Å²) in [5.41, 5.74) is 2.83. The molecule has 0 spiro atoms. The second-order valence-corrected chi connectivity index (χ2v) is 7.30. The first-order valence-corrected chi connectivity index (χ1v) is 9.26. The molecule has 0 aliphatic carbocycles. The molecule has 1 amide bonds. The van der Waals surface area contributed by atoms with Crippen LogP contribution in [-0.2, 0) is 6.42 Å². The highest BCUT2D eigenvalue weighted by molar-refractivity contribution is 7.09. The molecule has 3 aromatic heterocycles. The van der Waals surface area contributed by atoms with Crippen molar-refractivity contribution in [3.05, 3.63) is 49.0 Å². The Bertz CT molecular complexity index is 763. The van der Waals surface area contributed by atoms with Crippen LogP contribution in [0.25, 0.3) is 0 Å². The van der Waals surface area contributed by atoms with E-state index >= 15 is 0 Å². The molecule has 0 unspecified atom stereocenters. The number of aryl methyl sites for hydroxylation is 2. The summed E-state index contributed by atoms with van der Waals surface area (Å²) >= 11 is 4.35. The van der Waals surface area contributed by atoms with Crippen LogP contribution in [0, 0.1) is 13.8 Å². The predicted octanol–water partition coefficient (Wildman–Crippen LogP) is 3.39. The second-order valence-electron chi connectivity index (χ2n) is 4.88. The highest BCUT2D eigenvalue weighted by Gasteiger charge is 2.22. The first-order chi connectivity index (χ1) is 10.6. The Balaban J connectivity index is 1.82. The Kier molecular flexibility index (Phi) is 4.60. The maximum absolute atomic E-state index is 12.4. The van der Waals surface area contributed by atoms with Gasteiger partial charge in [-0.15, -0.1) is 16.4 Å². The maximum atomic E-state index is 12.4.